The number of hydrogen-bond donors (Lipinski definition) is 0. The van der Waals surface area contributed by atoms with Crippen LogP contribution < -0.4 is 0 Å². The molecule has 1 rings (SSSR count). The van der Waals surface area contributed by atoms with E-state index in [1.165, 1.54) is 7.11 Å². The average molecular weight is 238 g/mol. The van der Waals surface area contributed by atoms with Crippen LogP contribution in [-0.4, -0.2) is 28.6 Å². The van der Waals surface area contributed by atoms with Gasteiger partial charge in [-0.1, -0.05) is 0 Å². The lowest BCUT2D eigenvalue weighted by Crippen LogP contribution is -2.06. The maximum atomic E-state index is 11.4. The Hall–Kier alpha value is -1.65. The first kappa shape index (κ1) is 13.4. The molecule has 0 unspecified atom stereocenters. The van der Waals surface area contributed by atoms with E-state index in [0.717, 1.165) is 18.5 Å². The van der Waals surface area contributed by atoms with E-state index in [0.29, 0.717) is 6.42 Å². The summed E-state index contributed by atoms with van der Waals surface area (Å²) in [4.78, 5) is 22.3. The Balaban J connectivity index is 2.16. The number of aryl methyl sites for hydroxylation is 2. The van der Waals surface area contributed by atoms with Gasteiger partial charge in [0, 0.05) is 31.8 Å². The number of ether oxygens (including phenoxy) is 1. The Morgan fingerprint density at radius 1 is 1.35 bits per heavy atom. The van der Waals surface area contributed by atoms with Crippen LogP contribution in [-0.2, 0) is 27.8 Å². The third-order valence-electron chi connectivity index (χ3n) is 2.65. The van der Waals surface area contributed by atoms with Crippen LogP contribution in [0.5, 0.6) is 0 Å². The molecule has 0 radical (unpaired) electrons. The monoisotopic (exact) mass is 238 g/mol. The van der Waals surface area contributed by atoms with Crippen LogP contribution in [0.2, 0.25) is 0 Å². The number of esters is 1. The second kappa shape index (κ2) is 6.83. The zero-order valence-electron chi connectivity index (χ0n) is 10.3. The third kappa shape index (κ3) is 4.80. The summed E-state index contributed by atoms with van der Waals surface area (Å²) >= 11 is 0. The van der Waals surface area contributed by atoms with Crippen molar-refractivity contribution in [1.29, 1.82) is 0 Å². The molecule has 5 nitrogen and oxygen atoms in total. The van der Waals surface area contributed by atoms with E-state index in [2.05, 4.69) is 9.84 Å². The van der Waals surface area contributed by atoms with Crippen molar-refractivity contribution in [2.75, 3.05) is 7.11 Å². The minimum absolute atomic E-state index is 0.109. The number of rotatable bonds is 7. The minimum Gasteiger partial charge on any atom is -0.469 e. The Kier molecular flexibility index (Phi) is 5.39. The molecular weight excluding hydrogens is 220 g/mol. The van der Waals surface area contributed by atoms with Gasteiger partial charge in [0.15, 0.2) is 0 Å². The van der Waals surface area contributed by atoms with Gasteiger partial charge in [0.1, 0.15) is 5.78 Å². The molecule has 94 valence electrons. The predicted octanol–water partition coefficient (Wildman–Crippen LogP) is 1.27. The van der Waals surface area contributed by atoms with Crippen molar-refractivity contribution in [1.82, 2.24) is 9.78 Å². The maximum absolute atomic E-state index is 11.4. The van der Waals surface area contributed by atoms with Crippen LogP contribution in [0.25, 0.3) is 0 Å². The van der Waals surface area contributed by atoms with Crippen molar-refractivity contribution in [2.45, 2.75) is 32.1 Å². The van der Waals surface area contributed by atoms with E-state index in [-0.39, 0.29) is 24.6 Å². The smallest absolute Gasteiger partial charge is 0.305 e. The molecule has 1 aromatic heterocycles. The summed E-state index contributed by atoms with van der Waals surface area (Å²) in [5.74, 6) is -0.220. The highest BCUT2D eigenvalue weighted by atomic mass is 16.5. The van der Waals surface area contributed by atoms with E-state index in [9.17, 15) is 9.59 Å². The first-order chi connectivity index (χ1) is 8.13. The number of carbonyl (C=O) groups excluding carboxylic acids is 2. The summed E-state index contributed by atoms with van der Waals surface area (Å²) in [5, 5.41) is 4.06. The molecule has 0 saturated carbocycles. The molecule has 0 spiro atoms. The van der Waals surface area contributed by atoms with Crippen molar-refractivity contribution in [3.63, 3.8) is 0 Å². The second-order valence-corrected chi connectivity index (χ2v) is 3.91. The molecule has 0 atom stereocenters. The van der Waals surface area contributed by atoms with Crippen molar-refractivity contribution in [3.05, 3.63) is 18.0 Å². The summed E-state index contributed by atoms with van der Waals surface area (Å²) in [7, 11) is 3.21. The third-order valence-corrected chi connectivity index (χ3v) is 2.65. The van der Waals surface area contributed by atoms with E-state index in [1.54, 1.807) is 10.9 Å². The summed E-state index contributed by atoms with van der Waals surface area (Å²) in [6.07, 6.45) is 4.33. The van der Waals surface area contributed by atoms with Gasteiger partial charge in [-0.2, -0.15) is 5.10 Å². The standard InChI is InChI=1S/C12H18N2O3/c1-14-10(8-9-13-14)4-3-5-11(15)6-7-12(16)17-2/h8-9H,3-7H2,1-2H3. The molecule has 17 heavy (non-hydrogen) atoms. The van der Waals surface area contributed by atoms with Crippen molar-refractivity contribution in [3.8, 4) is 0 Å². The molecule has 1 aromatic rings. The summed E-state index contributed by atoms with van der Waals surface area (Å²) < 4.78 is 6.28. The van der Waals surface area contributed by atoms with E-state index in [1.807, 2.05) is 13.1 Å². The Morgan fingerprint density at radius 3 is 2.71 bits per heavy atom. The highest BCUT2D eigenvalue weighted by Crippen LogP contribution is 2.06. The lowest BCUT2D eigenvalue weighted by Gasteiger charge is -2.02. The summed E-state index contributed by atoms with van der Waals surface area (Å²) in [6.45, 7) is 0. The molecular formula is C12H18N2O3. The van der Waals surface area contributed by atoms with Crippen LogP contribution in [0.1, 0.15) is 31.4 Å². The predicted molar refractivity (Wildman–Crippen MR) is 62.4 cm³/mol. The van der Waals surface area contributed by atoms with Crippen LogP contribution >= 0.6 is 0 Å². The average Bonchev–Trinajstić information content (AvgIpc) is 2.72. The zero-order valence-corrected chi connectivity index (χ0v) is 10.3. The highest BCUT2D eigenvalue weighted by Gasteiger charge is 2.07. The lowest BCUT2D eigenvalue weighted by atomic mass is 10.1. The highest BCUT2D eigenvalue weighted by molar-refractivity contribution is 5.82. The topological polar surface area (TPSA) is 61.2 Å². The number of methoxy groups -OCH3 is 1. The van der Waals surface area contributed by atoms with Crippen molar-refractivity contribution < 1.29 is 14.3 Å². The van der Waals surface area contributed by atoms with Gasteiger partial charge in [0.05, 0.1) is 13.5 Å². The van der Waals surface area contributed by atoms with Crippen LogP contribution in [0.4, 0.5) is 0 Å². The Morgan fingerprint density at radius 2 is 2.12 bits per heavy atom. The minimum atomic E-state index is -0.329. The van der Waals surface area contributed by atoms with Gasteiger partial charge < -0.3 is 4.74 Å². The summed E-state index contributed by atoms with van der Waals surface area (Å²) in [5.41, 5.74) is 1.12. The normalized spacial score (nSPS) is 10.2. The van der Waals surface area contributed by atoms with Crippen LogP contribution in [0, 0.1) is 0 Å². The van der Waals surface area contributed by atoms with Gasteiger partial charge in [-0.3, -0.25) is 14.3 Å². The van der Waals surface area contributed by atoms with Crippen molar-refractivity contribution in [2.24, 2.45) is 7.05 Å². The quantitative estimate of drug-likeness (QED) is 0.671. The van der Waals surface area contributed by atoms with Gasteiger partial charge in [-0.15, -0.1) is 0 Å². The SMILES string of the molecule is COC(=O)CCC(=O)CCCc1ccnn1C. The van der Waals surface area contributed by atoms with Crippen LogP contribution in [0.15, 0.2) is 12.3 Å². The van der Waals surface area contributed by atoms with Gasteiger partial charge in [-0.25, -0.2) is 0 Å². The van der Waals surface area contributed by atoms with Gasteiger partial charge in [0.25, 0.3) is 0 Å². The molecule has 0 aliphatic carbocycles. The first-order valence-electron chi connectivity index (χ1n) is 5.69. The Bertz CT molecular complexity index is 385. The molecule has 0 fully saturated rings. The maximum Gasteiger partial charge on any atom is 0.305 e. The molecule has 1 heterocycles. The molecule has 0 aliphatic rings. The molecule has 0 N–H and O–H groups in total. The van der Waals surface area contributed by atoms with E-state index < -0.39 is 0 Å². The number of ketones is 1. The van der Waals surface area contributed by atoms with Gasteiger partial charge in [-0.05, 0) is 18.9 Å². The van der Waals surface area contributed by atoms with Gasteiger partial charge in [0.2, 0.25) is 0 Å². The second-order valence-electron chi connectivity index (χ2n) is 3.91. The molecule has 0 saturated heterocycles. The number of hydrogen-bond acceptors (Lipinski definition) is 4. The fourth-order valence-electron chi connectivity index (χ4n) is 1.58. The Labute approximate surface area is 101 Å². The fraction of sp³-hybridized carbons (Fsp3) is 0.583. The van der Waals surface area contributed by atoms with E-state index in [4.69, 9.17) is 0 Å². The fourth-order valence-corrected chi connectivity index (χ4v) is 1.58. The molecule has 0 aromatic carbocycles. The number of aromatic nitrogens is 2. The first-order valence-corrected chi connectivity index (χ1v) is 5.69. The largest absolute Gasteiger partial charge is 0.469 e. The lowest BCUT2D eigenvalue weighted by molar-refractivity contribution is -0.141. The summed E-state index contributed by atoms with van der Waals surface area (Å²) in [6, 6.07) is 1.94. The number of Topliss-reactive ketones (excluding diaryl/α,β-unsaturated/α-hetero) is 1. The van der Waals surface area contributed by atoms with Crippen LogP contribution in [0.3, 0.4) is 0 Å². The van der Waals surface area contributed by atoms with Gasteiger partial charge >= 0.3 is 5.97 Å². The molecule has 0 aliphatic heterocycles. The molecule has 0 bridgehead atoms. The number of nitrogens with zero attached hydrogens (tertiary/aromatic N) is 2. The zero-order chi connectivity index (χ0) is 12.7. The molecule has 5 heteroatoms. The number of carbonyl (C=O) groups is 2. The molecule has 0 amide bonds. The van der Waals surface area contributed by atoms with E-state index >= 15 is 0 Å². The van der Waals surface area contributed by atoms with Crippen molar-refractivity contribution >= 4 is 11.8 Å².